The number of thiazole rings is 1. The topological polar surface area (TPSA) is 131 Å². The Balaban J connectivity index is 1.58. The molecule has 0 radical (unpaired) electrons. The van der Waals surface area contributed by atoms with Gasteiger partial charge in [0, 0.05) is 33.1 Å². The lowest BCUT2D eigenvalue weighted by Crippen LogP contribution is -2.43. The van der Waals surface area contributed by atoms with Crippen molar-refractivity contribution in [1.29, 1.82) is 0 Å². The van der Waals surface area contributed by atoms with Crippen LogP contribution in [0.1, 0.15) is 5.56 Å². The van der Waals surface area contributed by atoms with E-state index in [1.54, 1.807) is 23.6 Å². The van der Waals surface area contributed by atoms with Gasteiger partial charge in [0.25, 0.3) is 21.6 Å². The molecule has 2 N–H and O–H groups in total. The highest BCUT2D eigenvalue weighted by Crippen LogP contribution is 2.31. The third-order valence-electron chi connectivity index (χ3n) is 5.28. The van der Waals surface area contributed by atoms with Crippen molar-refractivity contribution in [3.05, 3.63) is 101 Å². The van der Waals surface area contributed by atoms with Gasteiger partial charge < -0.3 is 5.32 Å². The highest BCUT2D eigenvalue weighted by Gasteiger charge is 2.26. The number of sulfonamides is 1. The number of carbonyl (C=O) groups excluding carboxylic acids is 1. The van der Waals surface area contributed by atoms with E-state index in [1.165, 1.54) is 11.3 Å². The molecule has 0 aliphatic rings. The lowest BCUT2D eigenvalue weighted by Gasteiger charge is -2.18. The van der Waals surface area contributed by atoms with E-state index in [9.17, 15) is 23.3 Å². The highest BCUT2D eigenvalue weighted by atomic mass is 127. The lowest BCUT2D eigenvalue weighted by molar-refractivity contribution is -0.384. The van der Waals surface area contributed by atoms with Gasteiger partial charge in [-0.1, -0.05) is 41.4 Å². The summed E-state index contributed by atoms with van der Waals surface area (Å²) in [6, 6.07) is 15.8. The molecule has 14 heteroatoms. The summed E-state index contributed by atoms with van der Waals surface area (Å²) in [6.07, 6.45) is 0.167. The predicted molar refractivity (Wildman–Crippen MR) is 156 cm³/mol. The number of rotatable bonds is 9. The van der Waals surface area contributed by atoms with Gasteiger partial charge >= 0.3 is 0 Å². The smallest absolute Gasteiger partial charge is 0.269 e. The van der Waals surface area contributed by atoms with Crippen LogP contribution in [0.4, 0.5) is 10.8 Å². The van der Waals surface area contributed by atoms with Crippen LogP contribution >= 0.6 is 57.1 Å². The van der Waals surface area contributed by atoms with E-state index in [-0.39, 0.29) is 17.0 Å². The van der Waals surface area contributed by atoms with Gasteiger partial charge in [-0.25, -0.2) is 18.1 Å². The van der Waals surface area contributed by atoms with E-state index >= 15 is 0 Å². The number of nitro benzene ring substituents is 1. The first-order chi connectivity index (χ1) is 18.0. The van der Waals surface area contributed by atoms with E-state index in [4.69, 9.17) is 23.2 Å². The average Bonchev–Trinajstić information content (AvgIpc) is 3.35. The summed E-state index contributed by atoms with van der Waals surface area (Å²) in [5.74, 6) is -0.812. The monoisotopic (exact) mass is 702 g/mol. The summed E-state index contributed by atoms with van der Waals surface area (Å²) in [7, 11) is -4.29. The van der Waals surface area contributed by atoms with E-state index < -0.39 is 26.9 Å². The van der Waals surface area contributed by atoms with E-state index in [2.05, 4.69) is 37.6 Å². The van der Waals surface area contributed by atoms with Gasteiger partial charge in [0.05, 0.1) is 25.6 Å². The number of hydrogen-bond acceptors (Lipinski definition) is 8. The molecule has 196 valence electrons. The number of benzene rings is 3. The second-order valence-corrected chi connectivity index (χ2v) is 12.5. The van der Waals surface area contributed by atoms with Crippen molar-refractivity contribution < 1.29 is 18.1 Å². The van der Waals surface area contributed by atoms with Crippen molar-refractivity contribution in [2.75, 3.05) is 5.32 Å². The molecule has 1 heterocycles. The minimum Gasteiger partial charge on any atom is -0.349 e. The van der Waals surface area contributed by atoms with Gasteiger partial charge in [0.1, 0.15) is 6.04 Å². The number of nitro groups is 1. The predicted octanol–water partition coefficient (Wildman–Crippen LogP) is 6.16. The number of nitrogens with one attached hydrogen (secondary N) is 2. The molecule has 3 aromatic carbocycles. The normalized spacial score (nSPS) is 12.1. The second kappa shape index (κ2) is 11.9. The molecule has 38 heavy (non-hydrogen) atoms. The van der Waals surface area contributed by atoms with Crippen LogP contribution in [0.3, 0.4) is 0 Å². The van der Waals surface area contributed by atoms with Crippen LogP contribution in [-0.4, -0.2) is 30.3 Å². The van der Waals surface area contributed by atoms with Gasteiger partial charge in [0.15, 0.2) is 5.13 Å². The number of halogens is 3. The lowest BCUT2D eigenvalue weighted by atomic mass is 10.1. The molecular formula is C24H17Cl2IN4O5S2. The van der Waals surface area contributed by atoms with Crippen molar-refractivity contribution in [3.8, 4) is 11.3 Å². The van der Waals surface area contributed by atoms with Crippen LogP contribution in [0.15, 0.2) is 77.0 Å². The fraction of sp³-hybridized carbons (Fsp3) is 0.0833. The van der Waals surface area contributed by atoms with Crippen LogP contribution in [0, 0.1) is 13.7 Å². The standard InChI is InChI=1S/C24H17Cl2IN4O5S2/c25-19-10-3-15(12-20(19)26)22-13-37-24(29-22)28-21(11-14-1-4-16(27)5-2-14)23(32)30-38(35,36)18-8-6-17(7-9-18)31(33)34/h1-10,12-13,21H,11H2,(H,28,29)(H,30,32). The maximum atomic E-state index is 13.2. The summed E-state index contributed by atoms with van der Waals surface area (Å²) < 4.78 is 28.8. The zero-order valence-electron chi connectivity index (χ0n) is 19.1. The molecule has 0 bridgehead atoms. The molecule has 0 spiro atoms. The second-order valence-electron chi connectivity index (χ2n) is 7.92. The van der Waals surface area contributed by atoms with Gasteiger partial charge in [-0.15, -0.1) is 11.3 Å². The molecule has 0 fully saturated rings. The molecule has 1 aromatic heterocycles. The summed E-state index contributed by atoms with van der Waals surface area (Å²) in [5.41, 5.74) is 1.85. The number of nitrogens with zero attached hydrogens (tertiary/aromatic N) is 2. The fourth-order valence-corrected chi connectivity index (χ4v) is 5.80. The Morgan fingerprint density at radius 2 is 1.74 bits per heavy atom. The zero-order valence-corrected chi connectivity index (χ0v) is 24.4. The number of aromatic nitrogens is 1. The van der Waals surface area contributed by atoms with Gasteiger partial charge in [-0.2, -0.15) is 0 Å². The minimum atomic E-state index is -4.29. The van der Waals surface area contributed by atoms with Crippen LogP contribution in [0.2, 0.25) is 10.0 Å². The molecule has 0 aliphatic carbocycles. The average molecular weight is 703 g/mol. The molecule has 1 atom stereocenters. The van der Waals surface area contributed by atoms with Crippen molar-refractivity contribution in [2.45, 2.75) is 17.4 Å². The number of amides is 1. The molecular weight excluding hydrogens is 686 g/mol. The summed E-state index contributed by atoms with van der Waals surface area (Å²) in [4.78, 5) is 27.7. The van der Waals surface area contributed by atoms with Gasteiger partial charge in [0.2, 0.25) is 0 Å². The third-order valence-corrected chi connectivity index (χ3v) is 8.87. The Kier molecular flexibility index (Phi) is 8.88. The Bertz CT molecular complexity index is 1600. The van der Waals surface area contributed by atoms with Crippen molar-refractivity contribution in [2.24, 2.45) is 0 Å². The minimum absolute atomic E-state index is 0.167. The SMILES string of the molecule is O=C(NS(=O)(=O)c1ccc([N+](=O)[O-])cc1)C(Cc1ccc(I)cc1)Nc1nc(-c2ccc(Cl)c(Cl)c2)cs1. The summed E-state index contributed by atoms with van der Waals surface area (Å²) >= 11 is 15.5. The van der Waals surface area contributed by atoms with Gasteiger partial charge in [-0.3, -0.25) is 14.9 Å². The van der Waals surface area contributed by atoms with Crippen LogP contribution in [0.25, 0.3) is 11.3 Å². The van der Waals surface area contributed by atoms with Crippen LogP contribution in [-0.2, 0) is 21.2 Å². The third kappa shape index (κ3) is 6.99. The summed E-state index contributed by atoms with van der Waals surface area (Å²) in [6.45, 7) is 0. The molecule has 0 saturated carbocycles. The molecule has 0 aliphatic heterocycles. The van der Waals surface area contributed by atoms with Crippen molar-refractivity contribution in [1.82, 2.24) is 9.71 Å². The van der Waals surface area contributed by atoms with E-state index in [0.29, 0.717) is 20.9 Å². The largest absolute Gasteiger partial charge is 0.349 e. The quantitative estimate of drug-likeness (QED) is 0.121. The molecule has 4 aromatic rings. The summed E-state index contributed by atoms with van der Waals surface area (Å²) in [5, 5.41) is 16.9. The molecule has 9 nitrogen and oxygen atoms in total. The van der Waals surface area contributed by atoms with Crippen LogP contribution < -0.4 is 10.0 Å². The number of carbonyl (C=O) groups is 1. The highest BCUT2D eigenvalue weighted by molar-refractivity contribution is 14.1. The van der Waals surface area contributed by atoms with Crippen LogP contribution in [0.5, 0.6) is 0 Å². The van der Waals surface area contributed by atoms with Crippen molar-refractivity contribution in [3.63, 3.8) is 0 Å². The van der Waals surface area contributed by atoms with Gasteiger partial charge in [-0.05, 0) is 64.6 Å². The maximum absolute atomic E-state index is 13.2. The number of anilines is 1. The first-order valence-corrected chi connectivity index (χ1v) is 14.9. The Morgan fingerprint density at radius 1 is 1.05 bits per heavy atom. The van der Waals surface area contributed by atoms with Crippen molar-refractivity contribution >= 4 is 83.9 Å². The Hall–Kier alpha value is -2.78. The fourth-order valence-electron chi connectivity index (χ4n) is 3.35. The number of non-ortho nitro benzene ring substituents is 1. The van der Waals surface area contributed by atoms with E-state index in [0.717, 1.165) is 39.0 Å². The Labute approximate surface area is 245 Å². The molecule has 0 saturated heterocycles. The molecule has 1 amide bonds. The molecule has 1 unspecified atom stereocenters. The zero-order chi connectivity index (χ0) is 27.4. The first kappa shape index (κ1) is 28.2. The Morgan fingerprint density at radius 3 is 2.37 bits per heavy atom. The van der Waals surface area contributed by atoms with E-state index in [1.807, 2.05) is 24.3 Å². The maximum Gasteiger partial charge on any atom is 0.269 e. The first-order valence-electron chi connectivity index (χ1n) is 10.7. The number of hydrogen-bond donors (Lipinski definition) is 2. The molecule has 4 rings (SSSR count).